The van der Waals surface area contributed by atoms with Gasteiger partial charge in [0.25, 0.3) is 5.91 Å². The monoisotopic (exact) mass is 371 g/mol. The number of hydrogen-bond donors (Lipinski definition) is 1. The molecule has 3 rings (SSSR count). The Kier molecular flexibility index (Phi) is 5.59. The highest BCUT2D eigenvalue weighted by atomic mass is 19.1. The molecule has 0 aromatic heterocycles. The Balaban J connectivity index is 1.90. The predicted octanol–water partition coefficient (Wildman–Crippen LogP) is 3.46. The third-order valence-electron chi connectivity index (χ3n) is 4.28. The SMILES string of the molecule is CCOc1cc(C2=NN(C(=O)c3ccc(N)cc3F)CCC2)ccc1OC. The van der Waals surface area contributed by atoms with Crippen molar-refractivity contribution >= 4 is 17.3 Å². The number of nitrogens with zero attached hydrogens (tertiary/aromatic N) is 2. The zero-order valence-electron chi connectivity index (χ0n) is 15.4. The number of nitrogen functional groups attached to an aromatic ring is 1. The summed E-state index contributed by atoms with van der Waals surface area (Å²) in [5.74, 6) is 0.121. The van der Waals surface area contributed by atoms with Crippen molar-refractivity contribution in [3.05, 3.63) is 53.3 Å². The first-order chi connectivity index (χ1) is 13.0. The lowest BCUT2D eigenvalue weighted by Crippen LogP contribution is -2.32. The van der Waals surface area contributed by atoms with Crippen LogP contribution in [0.25, 0.3) is 0 Å². The van der Waals surface area contributed by atoms with Gasteiger partial charge in [-0.2, -0.15) is 5.10 Å². The van der Waals surface area contributed by atoms with Crippen LogP contribution in [0.2, 0.25) is 0 Å². The molecule has 0 spiro atoms. The molecule has 2 N–H and O–H groups in total. The van der Waals surface area contributed by atoms with Gasteiger partial charge in [-0.05, 0) is 56.2 Å². The van der Waals surface area contributed by atoms with E-state index in [4.69, 9.17) is 15.2 Å². The van der Waals surface area contributed by atoms with Crippen LogP contribution in [0.4, 0.5) is 10.1 Å². The third-order valence-corrected chi connectivity index (χ3v) is 4.28. The van der Waals surface area contributed by atoms with Crippen LogP contribution in [0, 0.1) is 5.82 Å². The summed E-state index contributed by atoms with van der Waals surface area (Å²) in [5.41, 5.74) is 7.37. The molecule has 1 aliphatic rings. The van der Waals surface area contributed by atoms with Gasteiger partial charge in [0, 0.05) is 17.8 Å². The molecule has 1 heterocycles. The van der Waals surface area contributed by atoms with Crippen LogP contribution in [-0.2, 0) is 0 Å². The first-order valence-electron chi connectivity index (χ1n) is 8.79. The Bertz CT molecular complexity index is 883. The number of methoxy groups -OCH3 is 1. The molecule has 7 heteroatoms. The molecule has 0 bridgehead atoms. The van der Waals surface area contributed by atoms with Crippen molar-refractivity contribution in [3.63, 3.8) is 0 Å². The molecule has 0 unspecified atom stereocenters. The number of nitrogens with two attached hydrogens (primary N) is 1. The number of amides is 1. The second-order valence-corrected chi connectivity index (χ2v) is 6.12. The van der Waals surface area contributed by atoms with Gasteiger partial charge in [0.15, 0.2) is 11.5 Å². The lowest BCUT2D eigenvalue weighted by atomic mass is 10.0. The average molecular weight is 371 g/mol. The van der Waals surface area contributed by atoms with Gasteiger partial charge in [-0.15, -0.1) is 0 Å². The second kappa shape index (κ2) is 8.07. The minimum absolute atomic E-state index is 0.0427. The second-order valence-electron chi connectivity index (χ2n) is 6.12. The van der Waals surface area contributed by atoms with Crippen LogP contribution in [0.1, 0.15) is 35.7 Å². The molecule has 0 saturated heterocycles. The van der Waals surface area contributed by atoms with E-state index in [0.717, 1.165) is 23.8 Å². The van der Waals surface area contributed by atoms with E-state index in [1.165, 1.54) is 17.1 Å². The number of carbonyl (C=O) groups excluding carboxylic acids is 1. The summed E-state index contributed by atoms with van der Waals surface area (Å²) in [6, 6.07) is 9.56. The Morgan fingerprint density at radius 3 is 2.78 bits per heavy atom. The van der Waals surface area contributed by atoms with E-state index in [-0.39, 0.29) is 11.3 Å². The molecule has 0 radical (unpaired) electrons. The fraction of sp³-hybridized carbons (Fsp3) is 0.300. The van der Waals surface area contributed by atoms with Crippen molar-refractivity contribution in [2.75, 3.05) is 26.0 Å². The number of benzene rings is 2. The van der Waals surface area contributed by atoms with E-state index in [1.807, 2.05) is 25.1 Å². The zero-order chi connectivity index (χ0) is 19.4. The maximum absolute atomic E-state index is 14.1. The maximum Gasteiger partial charge on any atom is 0.276 e. The van der Waals surface area contributed by atoms with E-state index in [9.17, 15) is 9.18 Å². The summed E-state index contributed by atoms with van der Waals surface area (Å²) in [7, 11) is 1.58. The minimum Gasteiger partial charge on any atom is -0.493 e. The summed E-state index contributed by atoms with van der Waals surface area (Å²) >= 11 is 0. The Morgan fingerprint density at radius 2 is 2.07 bits per heavy atom. The Labute approximate surface area is 157 Å². The summed E-state index contributed by atoms with van der Waals surface area (Å²) in [4.78, 5) is 12.7. The number of hydrazone groups is 1. The van der Waals surface area contributed by atoms with Gasteiger partial charge >= 0.3 is 0 Å². The van der Waals surface area contributed by atoms with Gasteiger partial charge in [-0.1, -0.05) is 0 Å². The van der Waals surface area contributed by atoms with E-state index < -0.39 is 11.7 Å². The minimum atomic E-state index is -0.648. The molecule has 27 heavy (non-hydrogen) atoms. The van der Waals surface area contributed by atoms with E-state index in [1.54, 1.807) is 7.11 Å². The van der Waals surface area contributed by atoms with Gasteiger partial charge < -0.3 is 15.2 Å². The first kappa shape index (κ1) is 18.7. The van der Waals surface area contributed by atoms with Crippen LogP contribution in [0.5, 0.6) is 11.5 Å². The summed E-state index contributed by atoms with van der Waals surface area (Å²) < 4.78 is 25.0. The highest BCUT2D eigenvalue weighted by Gasteiger charge is 2.23. The molecule has 0 atom stereocenters. The van der Waals surface area contributed by atoms with Crippen molar-refractivity contribution in [2.45, 2.75) is 19.8 Å². The molecule has 6 nitrogen and oxygen atoms in total. The molecule has 0 fully saturated rings. The van der Waals surface area contributed by atoms with Gasteiger partial charge in [-0.3, -0.25) is 4.79 Å². The van der Waals surface area contributed by atoms with Crippen LogP contribution in [0.3, 0.4) is 0 Å². The van der Waals surface area contributed by atoms with E-state index >= 15 is 0 Å². The smallest absolute Gasteiger partial charge is 0.276 e. The molecule has 142 valence electrons. The summed E-state index contributed by atoms with van der Waals surface area (Å²) in [6.45, 7) is 2.83. The van der Waals surface area contributed by atoms with Gasteiger partial charge in [-0.25, -0.2) is 9.40 Å². The highest BCUT2D eigenvalue weighted by Crippen LogP contribution is 2.29. The predicted molar refractivity (Wildman–Crippen MR) is 102 cm³/mol. The van der Waals surface area contributed by atoms with E-state index in [0.29, 0.717) is 31.1 Å². The normalized spacial score (nSPS) is 13.9. The summed E-state index contributed by atoms with van der Waals surface area (Å²) in [5, 5.41) is 5.76. The van der Waals surface area contributed by atoms with Crippen LogP contribution >= 0.6 is 0 Å². The standard InChI is InChI=1S/C20H22FN3O3/c1-3-27-19-11-13(6-9-18(19)26-2)17-5-4-10-24(23-17)20(25)15-8-7-14(22)12-16(15)21/h6-9,11-12H,3-5,10,22H2,1-2H3. The Hall–Kier alpha value is -3.09. The number of halogens is 1. The molecule has 2 aromatic rings. The maximum atomic E-state index is 14.1. The van der Waals surface area contributed by atoms with Crippen molar-refractivity contribution in [3.8, 4) is 11.5 Å². The van der Waals surface area contributed by atoms with Gasteiger partial charge in [0.2, 0.25) is 0 Å². The number of carbonyl (C=O) groups is 1. The Morgan fingerprint density at radius 1 is 1.26 bits per heavy atom. The number of hydrogen-bond acceptors (Lipinski definition) is 5. The number of rotatable bonds is 5. The quantitative estimate of drug-likeness (QED) is 0.817. The van der Waals surface area contributed by atoms with Crippen LogP contribution in [-0.4, -0.2) is 36.9 Å². The molecule has 1 amide bonds. The van der Waals surface area contributed by atoms with E-state index in [2.05, 4.69) is 5.10 Å². The number of anilines is 1. The molecule has 1 aliphatic heterocycles. The fourth-order valence-electron chi connectivity index (χ4n) is 2.96. The van der Waals surface area contributed by atoms with Crippen molar-refractivity contribution < 1.29 is 18.7 Å². The molecular weight excluding hydrogens is 349 g/mol. The topological polar surface area (TPSA) is 77.2 Å². The third kappa shape index (κ3) is 4.02. The molecular formula is C20H22FN3O3. The largest absolute Gasteiger partial charge is 0.493 e. The lowest BCUT2D eigenvalue weighted by Gasteiger charge is -2.24. The molecule has 0 saturated carbocycles. The van der Waals surface area contributed by atoms with Crippen molar-refractivity contribution in [1.29, 1.82) is 0 Å². The van der Waals surface area contributed by atoms with Gasteiger partial charge in [0.1, 0.15) is 5.82 Å². The van der Waals surface area contributed by atoms with Gasteiger partial charge in [0.05, 0.1) is 25.0 Å². The highest BCUT2D eigenvalue weighted by molar-refractivity contribution is 6.03. The first-order valence-corrected chi connectivity index (χ1v) is 8.79. The lowest BCUT2D eigenvalue weighted by molar-refractivity contribution is 0.0747. The molecule has 0 aliphatic carbocycles. The summed E-state index contributed by atoms with van der Waals surface area (Å²) in [6.07, 6.45) is 1.45. The zero-order valence-corrected chi connectivity index (χ0v) is 15.4. The molecule has 2 aromatic carbocycles. The number of ether oxygens (including phenoxy) is 2. The van der Waals surface area contributed by atoms with Crippen LogP contribution < -0.4 is 15.2 Å². The average Bonchev–Trinajstić information content (AvgIpc) is 2.68. The fourth-order valence-corrected chi connectivity index (χ4v) is 2.96. The van der Waals surface area contributed by atoms with Crippen molar-refractivity contribution in [2.24, 2.45) is 5.10 Å². The van der Waals surface area contributed by atoms with Crippen LogP contribution in [0.15, 0.2) is 41.5 Å². The van der Waals surface area contributed by atoms with Crippen molar-refractivity contribution in [1.82, 2.24) is 5.01 Å².